The number of nitrogens with one attached hydrogen (secondary N) is 4. The Morgan fingerprint density at radius 3 is 2.08 bits per heavy atom. The van der Waals surface area contributed by atoms with Crippen molar-refractivity contribution in [2.24, 2.45) is 27.6 Å². The lowest BCUT2D eigenvalue weighted by atomic mass is 9.73. The Bertz CT molecular complexity index is 1390. The first kappa shape index (κ1) is 39.8. The molecule has 13 heteroatoms. The highest BCUT2D eigenvalue weighted by Gasteiger charge is 2.85. The molecular formula is C40H66N6O7. The van der Waals surface area contributed by atoms with Crippen molar-refractivity contribution in [1.82, 2.24) is 31.1 Å². The van der Waals surface area contributed by atoms with Crippen LogP contribution in [0.5, 0.6) is 0 Å². The van der Waals surface area contributed by atoms with E-state index in [1.807, 2.05) is 27.7 Å². The molecule has 0 aromatic carbocycles. The Balaban J connectivity index is 1.23. The van der Waals surface area contributed by atoms with E-state index in [2.05, 4.69) is 35.1 Å². The number of hydrogen-bond donors (Lipinski definition) is 5. The van der Waals surface area contributed by atoms with Gasteiger partial charge in [0, 0.05) is 31.1 Å². The van der Waals surface area contributed by atoms with Crippen molar-refractivity contribution in [1.29, 1.82) is 0 Å². The molecule has 13 nitrogen and oxygen atoms in total. The van der Waals surface area contributed by atoms with Crippen molar-refractivity contribution in [3.63, 3.8) is 0 Å². The Kier molecular flexibility index (Phi) is 11.5. The molecule has 4 saturated carbocycles. The second kappa shape index (κ2) is 15.3. The summed E-state index contributed by atoms with van der Waals surface area (Å²) in [6, 6.07) is -3.81. The monoisotopic (exact) mass is 742 g/mol. The molecule has 2 saturated heterocycles. The highest BCUT2D eigenvalue weighted by Crippen LogP contribution is 2.88. The fraction of sp³-hybridized carbons (Fsp3) is 0.875. The van der Waals surface area contributed by atoms with Gasteiger partial charge in [-0.05, 0) is 73.5 Å². The standard InChI is InChI=1S/C40H66N6O7/c1-7-12-27(30(47)33(49)41-26-15-16-26)42-32(48)28-23-40(38(5,6)39(40)17-11-18-39)24-46(28)35(51)31(37(2,3)4)44-36(52)43-29(25-13-9-8-10-14-25)34(50)45-19-21-53-22-20-45/h25-31,47H,7-24H2,1-6H3,(H,41,49)(H,42,48)(H2,43,44,52)/t27?,28-,29-,30?,31+,40?/m0/s1. The molecule has 2 aliphatic heterocycles. The van der Waals surface area contributed by atoms with Crippen LogP contribution in [0, 0.1) is 27.6 Å². The Morgan fingerprint density at radius 2 is 1.53 bits per heavy atom. The van der Waals surface area contributed by atoms with Crippen molar-refractivity contribution in [3.8, 4) is 0 Å². The molecule has 0 aromatic heterocycles. The summed E-state index contributed by atoms with van der Waals surface area (Å²) in [5.41, 5.74) is -1.00. The number of urea groups is 1. The van der Waals surface area contributed by atoms with Crippen LogP contribution in [0.4, 0.5) is 4.79 Å². The smallest absolute Gasteiger partial charge is 0.316 e. The van der Waals surface area contributed by atoms with Gasteiger partial charge >= 0.3 is 6.03 Å². The summed E-state index contributed by atoms with van der Waals surface area (Å²) in [7, 11) is 0. The average Bonchev–Trinajstić information content (AvgIpc) is 3.94. The highest BCUT2D eigenvalue weighted by atomic mass is 16.5. The molecule has 4 aliphatic carbocycles. The number of hydrogen-bond acceptors (Lipinski definition) is 7. The van der Waals surface area contributed by atoms with Crippen molar-refractivity contribution < 1.29 is 33.8 Å². The second-order valence-corrected chi connectivity index (χ2v) is 18.7. The van der Waals surface area contributed by atoms with Crippen LogP contribution in [0.25, 0.3) is 0 Å². The molecule has 0 aromatic rings. The van der Waals surface area contributed by atoms with Gasteiger partial charge in [0.05, 0.1) is 19.3 Å². The topological polar surface area (TPSA) is 169 Å². The van der Waals surface area contributed by atoms with Gasteiger partial charge in [-0.1, -0.05) is 73.6 Å². The van der Waals surface area contributed by atoms with E-state index in [1.165, 1.54) is 0 Å². The van der Waals surface area contributed by atoms with E-state index in [4.69, 9.17) is 4.74 Å². The van der Waals surface area contributed by atoms with Crippen molar-refractivity contribution >= 4 is 29.7 Å². The van der Waals surface area contributed by atoms with E-state index in [0.29, 0.717) is 52.1 Å². The summed E-state index contributed by atoms with van der Waals surface area (Å²) in [6.45, 7) is 14.4. The maximum absolute atomic E-state index is 14.9. The third-order valence-corrected chi connectivity index (χ3v) is 14.3. The number of ether oxygens (including phenoxy) is 1. The van der Waals surface area contributed by atoms with Crippen LogP contribution in [0.15, 0.2) is 0 Å². The number of fused-ring (bicyclic) bond motifs is 1. The number of amides is 6. The lowest BCUT2D eigenvalue weighted by Crippen LogP contribution is -2.62. The predicted molar refractivity (Wildman–Crippen MR) is 199 cm³/mol. The molecule has 6 fully saturated rings. The predicted octanol–water partition coefficient (Wildman–Crippen LogP) is 3.23. The van der Waals surface area contributed by atoms with E-state index in [0.717, 1.165) is 64.2 Å². The summed E-state index contributed by atoms with van der Waals surface area (Å²) in [6.07, 6.45) is 9.95. The van der Waals surface area contributed by atoms with Crippen LogP contribution in [-0.4, -0.2) is 114 Å². The number of aliphatic hydroxyl groups is 1. The number of carbonyl (C=O) groups excluding carboxylic acids is 5. The molecule has 298 valence electrons. The molecule has 5 N–H and O–H groups in total. The Labute approximate surface area is 315 Å². The maximum Gasteiger partial charge on any atom is 0.316 e. The van der Waals surface area contributed by atoms with E-state index >= 15 is 0 Å². The zero-order valence-corrected chi connectivity index (χ0v) is 33.1. The molecule has 2 spiro atoms. The third-order valence-electron chi connectivity index (χ3n) is 14.3. The summed E-state index contributed by atoms with van der Waals surface area (Å²) < 4.78 is 5.48. The molecule has 0 bridgehead atoms. The van der Waals surface area contributed by atoms with Gasteiger partial charge in [0.1, 0.15) is 18.1 Å². The summed E-state index contributed by atoms with van der Waals surface area (Å²) in [5.74, 6) is -1.30. The fourth-order valence-corrected chi connectivity index (χ4v) is 10.6. The molecule has 53 heavy (non-hydrogen) atoms. The van der Waals surface area contributed by atoms with Crippen LogP contribution in [0.3, 0.4) is 0 Å². The number of carbonyl (C=O) groups is 5. The highest BCUT2D eigenvalue weighted by molar-refractivity contribution is 5.95. The van der Waals surface area contributed by atoms with Gasteiger partial charge in [-0.2, -0.15) is 0 Å². The lowest BCUT2D eigenvalue weighted by molar-refractivity contribution is -0.143. The lowest BCUT2D eigenvalue weighted by Gasteiger charge is -2.38. The molecule has 6 aliphatic rings. The van der Waals surface area contributed by atoms with Gasteiger partial charge in [-0.25, -0.2) is 4.79 Å². The van der Waals surface area contributed by atoms with Crippen LogP contribution in [-0.2, 0) is 23.9 Å². The van der Waals surface area contributed by atoms with Crippen LogP contribution in [0.2, 0.25) is 0 Å². The minimum atomic E-state index is -1.40. The van der Waals surface area contributed by atoms with Gasteiger partial charge in [-0.3, -0.25) is 19.2 Å². The normalized spacial score (nSPS) is 28.7. The van der Waals surface area contributed by atoms with Gasteiger partial charge in [0.2, 0.25) is 17.7 Å². The van der Waals surface area contributed by atoms with E-state index in [1.54, 1.807) is 9.80 Å². The zero-order valence-electron chi connectivity index (χ0n) is 33.1. The van der Waals surface area contributed by atoms with Crippen LogP contribution in [0.1, 0.15) is 125 Å². The summed E-state index contributed by atoms with van der Waals surface area (Å²) in [5, 5.41) is 22.9. The molecular weight excluding hydrogens is 676 g/mol. The van der Waals surface area contributed by atoms with Gasteiger partial charge in [0.25, 0.3) is 5.91 Å². The molecule has 3 unspecified atom stereocenters. The first-order valence-electron chi connectivity index (χ1n) is 20.6. The van der Waals surface area contributed by atoms with Gasteiger partial charge in [-0.15, -0.1) is 0 Å². The minimum Gasteiger partial charge on any atom is -0.381 e. The Hall–Kier alpha value is -2.93. The van der Waals surface area contributed by atoms with Gasteiger partial charge < -0.3 is 40.9 Å². The van der Waals surface area contributed by atoms with E-state index < -0.39 is 47.6 Å². The quantitative estimate of drug-likeness (QED) is 0.205. The SMILES string of the molecule is CCCC(NC(=O)[C@@H]1CC2(CN1C(=O)[C@@H](NC(=O)N[C@H](C(=O)N1CCOCC1)C1CCCCC1)C(C)(C)C)C(C)(C)C21CCC1)C(O)C(=O)NC1CC1. The van der Waals surface area contributed by atoms with Crippen molar-refractivity contribution in [3.05, 3.63) is 0 Å². The van der Waals surface area contributed by atoms with E-state index in [9.17, 15) is 29.1 Å². The van der Waals surface area contributed by atoms with Crippen molar-refractivity contribution in [2.75, 3.05) is 32.8 Å². The molecule has 2 heterocycles. The number of morpholine rings is 1. The third kappa shape index (κ3) is 7.54. The largest absolute Gasteiger partial charge is 0.381 e. The minimum absolute atomic E-state index is 0.00804. The average molecular weight is 743 g/mol. The fourth-order valence-electron chi connectivity index (χ4n) is 10.6. The zero-order chi connectivity index (χ0) is 38.3. The molecule has 0 radical (unpaired) electrons. The first-order valence-corrected chi connectivity index (χ1v) is 20.6. The Morgan fingerprint density at radius 1 is 0.868 bits per heavy atom. The summed E-state index contributed by atoms with van der Waals surface area (Å²) in [4.78, 5) is 73.5. The van der Waals surface area contributed by atoms with Crippen LogP contribution >= 0.6 is 0 Å². The van der Waals surface area contributed by atoms with E-state index in [-0.39, 0.29) is 45.9 Å². The number of aliphatic hydroxyl groups excluding tert-OH is 1. The molecule has 6 rings (SSSR count). The molecule has 6 amide bonds. The number of nitrogens with zero attached hydrogens (tertiary/aromatic N) is 2. The second-order valence-electron chi connectivity index (χ2n) is 18.7. The molecule has 6 atom stereocenters. The maximum atomic E-state index is 14.9. The van der Waals surface area contributed by atoms with Crippen molar-refractivity contribution in [2.45, 2.75) is 161 Å². The number of likely N-dealkylation sites (tertiary alicyclic amines) is 1. The summed E-state index contributed by atoms with van der Waals surface area (Å²) >= 11 is 0. The van der Waals surface area contributed by atoms with Gasteiger partial charge in [0.15, 0.2) is 6.10 Å². The van der Waals surface area contributed by atoms with Crippen LogP contribution < -0.4 is 21.3 Å². The number of rotatable bonds is 12. The first-order chi connectivity index (χ1) is 25.1.